The summed E-state index contributed by atoms with van der Waals surface area (Å²) >= 11 is 0. The quantitative estimate of drug-likeness (QED) is 0.643. The molecule has 1 saturated heterocycles. The lowest BCUT2D eigenvalue weighted by Gasteiger charge is -2.34. The van der Waals surface area contributed by atoms with E-state index < -0.39 is 0 Å². The number of hydrogen-bond donors (Lipinski definition) is 0. The fourth-order valence-electron chi connectivity index (χ4n) is 3.47. The topological polar surface area (TPSA) is 62.5 Å². The molecular formula is C22H23FN4O2. The van der Waals surface area contributed by atoms with Crippen molar-refractivity contribution in [1.29, 1.82) is 0 Å². The van der Waals surface area contributed by atoms with Crippen LogP contribution in [0.5, 0.6) is 0 Å². The molecule has 4 rings (SSSR count). The number of amides is 1. The van der Waals surface area contributed by atoms with E-state index >= 15 is 0 Å². The number of carbonyl (C=O) groups excluding carboxylic acids is 1. The molecule has 0 bridgehead atoms. The normalized spacial score (nSPS) is 14.9. The number of hydrogen-bond acceptors (Lipinski definition) is 5. The van der Waals surface area contributed by atoms with Crippen molar-refractivity contribution >= 4 is 5.91 Å². The van der Waals surface area contributed by atoms with Gasteiger partial charge in [-0.1, -0.05) is 41.6 Å². The van der Waals surface area contributed by atoms with E-state index in [1.165, 1.54) is 17.7 Å². The minimum atomic E-state index is -0.338. The van der Waals surface area contributed by atoms with Gasteiger partial charge in [-0.3, -0.25) is 9.69 Å². The average molecular weight is 394 g/mol. The van der Waals surface area contributed by atoms with Gasteiger partial charge in [-0.25, -0.2) is 4.39 Å². The van der Waals surface area contributed by atoms with Crippen LogP contribution < -0.4 is 0 Å². The fraction of sp³-hybridized carbons (Fsp3) is 0.318. The molecule has 6 nitrogen and oxygen atoms in total. The van der Waals surface area contributed by atoms with E-state index in [1.807, 2.05) is 35.2 Å². The summed E-state index contributed by atoms with van der Waals surface area (Å²) in [5.41, 5.74) is 1.75. The molecule has 0 atom stereocenters. The molecule has 0 aliphatic carbocycles. The average Bonchev–Trinajstić information content (AvgIpc) is 3.22. The van der Waals surface area contributed by atoms with Crippen LogP contribution in [0.2, 0.25) is 0 Å². The zero-order valence-corrected chi connectivity index (χ0v) is 16.1. The van der Waals surface area contributed by atoms with E-state index in [0.29, 0.717) is 43.3 Å². The van der Waals surface area contributed by atoms with Gasteiger partial charge in [-0.05, 0) is 30.2 Å². The molecule has 2 heterocycles. The number of benzene rings is 2. The Hall–Kier alpha value is -3.06. The minimum absolute atomic E-state index is 0.196. The largest absolute Gasteiger partial charge is 0.340 e. The second kappa shape index (κ2) is 8.96. The van der Waals surface area contributed by atoms with Gasteiger partial charge in [0.15, 0.2) is 5.82 Å². The summed E-state index contributed by atoms with van der Waals surface area (Å²) in [6.07, 6.45) is 1.30. The third kappa shape index (κ3) is 5.06. The standard InChI is InChI=1S/C22H23FN4O2/c23-19-8-4-7-18(15-19)22-24-20(25-29-22)16-26-11-13-27(14-12-26)21(28)10-9-17-5-2-1-3-6-17/h1-8,15H,9-14,16H2. The predicted octanol–water partition coefficient (Wildman–Crippen LogP) is 3.15. The lowest BCUT2D eigenvalue weighted by atomic mass is 10.1. The van der Waals surface area contributed by atoms with Gasteiger partial charge in [0, 0.05) is 38.2 Å². The highest BCUT2D eigenvalue weighted by molar-refractivity contribution is 5.76. The monoisotopic (exact) mass is 394 g/mol. The number of carbonyl (C=O) groups is 1. The first-order valence-electron chi connectivity index (χ1n) is 9.80. The summed E-state index contributed by atoms with van der Waals surface area (Å²) in [5, 5.41) is 4.00. The summed E-state index contributed by atoms with van der Waals surface area (Å²) in [6, 6.07) is 16.2. The maximum absolute atomic E-state index is 13.4. The molecule has 7 heteroatoms. The summed E-state index contributed by atoms with van der Waals surface area (Å²) in [6.45, 7) is 3.47. The first-order valence-corrected chi connectivity index (χ1v) is 9.80. The molecule has 0 N–H and O–H groups in total. The third-order valence-corrected chi connectivity index (χ3v) is 5.10. The Balaban J connectivity index is 1.25. The Morgan fingerprint density at radius 3 is 2.59 bits per heavy atom. The Labute approximate surface area is 168 Å². The molecule has 1 aliphatic heterocycles. The highest BCUT2D eigenvalue weighted by Gasteiger charge is 2.22. The number of aromatic nitrogens is 2. The Morgan fingerprint density at radius 1 is 1.03 bits per heavy atom. The number of halogens is 1. The molecule has 150 valence electrons. The van der Waals surface area contributed by atoms with E-state index in [9.17, 15) is 9.18 Å². The van der Waals surface area contributed by atoms with E-state index in [2.05, 4.69) is 15.0 Å². The van der Waals surface area contributed by atoms with Crippen LogP contribution in [-0.2, 0) is 17.8 Å². The zero-order valence-electron chi connectivity index (χ0n) is 16.1. The van der Waals surface area contributed by atoms with Crippen LogP contribution in [0.3, 0.4) is 0 Å². The molecule has 2 aromatic carbocycles. The second-order valence-corrected chi connectivity index (χ2v) is 7.17. The molecule has 3 aromatic rings. The lowest BCUT2D eigenvalue weighted by Crippen LogP contribution is -2.48. The first-order chi connectivity index (χ1) is 14.2. The maximum atomic E-state index is 13.4. The SMILES string of the molecule is O=C(CCc1ccccc1)N1CCN(Cc2noc(-c3cccc(F)c3)n2)CC1. The Bertz CT molecular complexity index is 952. The van der Waals surface area contributed by atoms with Crippen molar-refractivity contribution in [2.24, 2.45) is 0 Å². The van der Waals surface area contributed by atoms with Crippen molar-refractivity contribution in [2.75, 3.05) is 26.2 Å². The van der Waals surface area contributed by atoms with Crippen LogP contribution in [0, 0.1) is 5.82 Å². The molecule has 0 saturated carbocycles. The van der Waals surface area contributed by atoms with Crippen molar-refractivity contribution in [3.63, 3.8) is 0 Å². The number of nitrogens with zero attached hydrogens (tertiary/aromatic N) is 4. The summed E-state index contributed by atoms with van der Waals surface area (Å²) in [4.78, 5) is 20.9. The van der Waals surface area contributed by atoms with Gasteiger partial charge in [-0.2, -0.15) is 4.98 Å². The van der Waals surface area contributed by atoms with Crippen molar-refractivity contribution < 1.29 is 13.7 Å². The molecule has 1 aliphatic rings. The second-order valence-electron chi connectivity index (χ2n) is 7.17. The van der Waals surface area contributed by atoms with Gasteiger partial charge in [0.25, 0.3) is 5.89 Å². The van der Waals surface area contributed by atoms with Crippen molar-refractivity contribution in [2.45, 2.75) is 19.4 Å². The zero-order chi connectivity index (χ0) is 20.1. The van der Waals surface area contributed by atoms with Crippen LogP contribution in [0.15, 0.2) is 59.1 Å². The van der Waals surface area contributed by atoms with Crippen LogP contribution >= 0.6 is 0 Å². The predicted molar refractivity (Wildman–Crippen MR) is 106 cm³/mol. The van der Waals surface area contributed by atoms with E-state index in [1.54, 1.807) is 12.1 Å². The first kappa shape index (κ1) is 19.3. The number of aryl methyl sites for hydroxylation is 1. The van der Waals surface area contributed by atoms with Gasteiger partial charge in [0.2, 0.25) is 5.91 Å². The van der Waals surface area contributed by atoms with Crippen molar-refractivity contribution in [1.82, 2.24) is 19.9 Å². The fourth-order valence-corrected chi connectivity index (χ4v) is 3.47. The highest BCUT2D eigenvalue weighted by Crippen LogP contribution is 2.18. The molecule has 1 fully saturated rings. The molecular weight excluding hydrogens is 371 g/mol. The summed E-state index contributed by atoms with van der Waals surface area (Å²) in [7, 11) is 0. The smallest absolute Gasteiger partial charge is 0.258 e. The van der Waals surface area contributed by atoms with Crippen LogP contribution in [0.25, 0.3) is 11.5 Å². The highest BCUT2D eigenvalue weighted by atomic mass is 19.1. The van der Waals surface area contributed by atoms with E-state index in [-0.39, 0.29) is 11.7 Å². The van der Waals surface area contributed by atoms with Gasteiger partial charge in [-0.15, -0.1) is 0 Å². The minimum Gasteiger partial charge on any atom is -0.340 e. The molecule has 0 unspecified atom stereocenters. The molecule has 29 heavy (non-hydrogen) atoms. The maximum Gasteiger partial charge on any atom is 0.258 e. The summed E-state index contributed by atoms with van der Waals surface area (Å²) < 4.78 is 18.6. The van der Waals surface area contributed by atoms with Crippen LogP contribution in [-0.4, -0.2) is 52.0 Å². The Kier molecular flexibility index (Phi) is 5.95. The van der Waals surface area contributed by atoms with Crippen molar-refractivity contribution in [3.05, 3.63) is 71.8 Å². The summed E-state index contributed by atoms with van der Waals surface area (Å²) in [5.74, 6) is 0.735. The molecule has 0 radical (unpaired) electrons. The van der Waals surface area contributed by atoms with Crippen molar-refractivity contribution in [3.8, 4) is 11.5 Å². The number of rotatable bonds is 6. The van der Waals surface area contributed by atoms with Gasteiger partial charge < -0.3 is 9.42 Å². The molecule has 1 aromatic heterocycles. The van der Waals surface area contributed by atoms with Crippen LogP contribution in [0.4, 0.5) is 4.39 Å². The van der Waals surface area contributed by atoms with Gasteiger partial charge in [0.1, 0.15) is 5.82 Å². The molecule has 1 amide bonds. The lowest BCUT2D eigenvalue weighted by molar-refractivity contribution is -0.133. The van der Waals surface area contributed by atoms with E-state index in [0.717, 1.165) is 19.5 Å². The molecule has 0 spiro atoms. The van der Waals surface area contributed by atoms with Gasteiger partial charge >= 0.3 is 0 Å². The van der Waals surface area contributed by atoms with Crippen LogP contribution in [0.1, 0.15) is 17.8 Å². The van der Waals surface area contributed by atoms with E-state index in [4.69, 9.17) is 4.52 Å². The Morgan fingerprint density at radius 2 is 1.83 bits per heavy atom. The third-order valence-electron chi connectivity index (χ3n) is 5.10. The number of piperazine rings is 1. The van der Waals surface area contributed by atoms with Gasteiger partial charge in [0.05, 0.1) is 6.54 Å².